The van der Waals surface area contributed by atoms with Crippen LogP contribution in [0, 0.1) is 5.82 Å². The Kier molecular flexibility index (Phi) is 3.52. The predicted molar refractivity (Wildman–Crippen MR) is 73.4 cm³/mol. The van der Waals surface area contributed by atoms with Gasteiger partial charge in [0.2, 0.25) is 0 Å². The SMILES string of the molecule is CCN(CC)C(=O)c1sc2ccc(F)cc2c1N. The standard InChI is InChI=1S/C13H15FN2OS/c1-3-16(4-2)13(17)12-11(15)9-7-8(14)5-6-10(9)18-12/h5-7H,3-4,15H2,1-2H3. The fraction of sp³-hybridized carbons (Fsp3) is 0.308. The summed E-state index contributed by atoms with van der Waals surface area (Å²) in [5.41, 5.74) is 6.33. The third-order valence-electron chi connectivity index (χ3n) is 2.93. The van der Waals surface area contributed by atoms with Gasteiger partial charge in [0, 0.05) is 23.2 Å². The molecule has 0 saturated heterocycles. The van der Waals surface area contributed by atoms with E-state index in [2.05, 4.69) is 0 Å². The van der Waals surface area contributed by atoms with E-state index in [4.69, 9.17) is 5.73 Å². The van der Waals surface area contributed by atoms with Crippen LogP contribution in [-0.2, 0) is 0 Å². The van der Waals surface area contributed by atoms with Crippen LogP contribution in [0.3, 0.4) is 0 Å². The average molecular weight is 266 g/mol. The highest BCUT2D eigenvalue weighted by molar-refractivity contribution is 7.21. The lowest BCUT2D eigenvalue weighted by Gasteiger charge is -2.17. The van der Waals surface area contributed by atoms with Gasteiger partial charge in [-0.3, -0.25) is 4.79 Å². The molecule has 1 aromatic carbocycles. The van der Waals surface area contributed by atoms with Crippen molar-refractivity contribution >= 4 is 33.0 Å². The van der Waals surface area contributed by atoms with Gasteiger partial charge in [-0.2, -0.15) is 0 Å². The molecule has 1 heterocycles. The first kappa shape index (κ1) is 12.8. The zero-order valence-corrected chi connectivity index (χ0v) is 11.2. The van der Waals surface area contributed by atoms with E-state index in [0.717, 1.165) is 4.70 Å². The zero-order valence-electron chi connectivity index (χ0n) is 10.4. The van der Waals surface area contributed by atoms with Crippen LogP contribution in [0.4, 0.5) is 10.1 Å². The molecule has 0 aliphatic rings. The predicted octanol–water partition coefficient (Wildman–Crippen LogP) is 3.10. The van der Waals surface area contributed by atoms with Crippen LogP contribution in [-0.4, -0.2) is 23.9 Å². The number of nitrogen functional groups attached to an aromatic ring is 1. The molecule has 18 heavy (non-hydrogen) atoms. The van der Waals surface area contributed by atoms with Gasteiger partial charge in [-0.15, -0.1) is 11.3 Å². The number of benzene rings is 1. The van der Waals surface area contributed by atoms with Gasteiger partial charge in [0.05, 0.1) is 5.69 Å². The molecule has 2 aromatic rings. The van der Waals surface area contributed by atoms with Crippen molar-refractivity contribution in [1.82, 2.24) is 4.90 Å². The summed E-state index contributed by atoms with van der Waals surface area (Å²) < 4.78 is 14.0. The minimum absolute atomic E-state index is 0.0842. The highest BCUT2D eigenvalue weighted by Gasteiger charge is 2.20. The molecular formula is C13H15FN2OS. The number of hydrogen-bond acceptors (Lipinski definition) is 3. The molecule has 5 heteroatoms. The summed E-state index contributed by atoms with van der Waals surface area (Å²) in [6.45, 7) is 5.11. The molecule has 0 fully saturated rings. The van der Waals surface area contributed by atoms with E-state index >= 15 is 0 Å². The zero-order chi connectivity index (χ0) is 13.3. The third-order valence-corrected chi connectivity index (χ3v) is 4.11. The maximum Gasteiger partial charge on any atom is 0.266 e. The fourth-order valence-electron chi connectivity index (χ4n) is 1.90. The molecule has 96 valence electrons. The van der Waals surface area contributed by atoms with Gasteiger partial charge in [-0.1, -0.05) is 0 Å². The summed E-state index contributed by atoms with van der Waals surface area (Å²) in [5, 5.41) is 0.621. The van der Waals surface area contributed by atoms with Crippen molar-refractivity contribution in [2.24, 2.45) is 0 Å². The molecular weight excluding hydrogens is 251 g/mol. The molecule has 0 saturated carbocycles. The van der Waals surface area contributed by atoms with E-state index in [1.807, 2.05) is 13.8 Å². The van der Waals surface area contributed by atoms with Crippen LogP contribution >= 0.6 is 11.3 Å². The van der Waals surface area contributed by atoms with Crippen molar-refractivity contribution in [3.63, 3.8) is 0 Å². The Hall–Kier alpha value is -1.62. The molecule has 0 atom stereocenters. The smallest absolute Gasteiger partial charge is 0.266 e. The number of amides is 1. The lowest BCUT2D eigenvalue weighted by molar-refractivity contribution is 0.0779. The molecule has 2 rings (SSSR count). The first-order valence-electron chi connectivity index (χ1n) is 5.85. The highest BCUT2D eigenvalue weighted by atomic mass is 32.1. The Morgan fingerprint density at radius 1 is 1.39 bits per heavy atom. The van der Waals surface area contributed by atoms with Crippen LogP contribution in [0.5, 0.6) is 0 Å². The Morgan fingerprint density at radius 3 is 2.67 bits per heavy atom. The number of anilines is 1. The van der Waals surface area contributed by atoms with E-state index in [0.29, 0.717) is 29.0 Å². The second kappa shape index (κ2) is 4.94. The van der Waals surface area contributed by atoms with Crippen LogP contribution < -0.4 is 5.73 Å². The van der Waals surface area contributed by atoms with E-state index < -0.39 is 0 Å². The molecule has 0 radical (unpaired) electrons. The third kappa shape index (κ3) is 2.06. The lowest BCUT2D eigenvalue weighted by Crippen LogP contribution is -2.30. The summed E-state index contributed by atoms with van der Waals surface area (Å²) in [6, 6.07) is 4.41. The van der Waals surface area contributed by atoms with Crippen molar-refractivity contribution in [1.29, 1.82) is 0 Å². The molecule has 2 N–H and O–H groups in total. The second-order valence-corrected chi connectivity index (χ2v) is 5.01. The van der Waals surface area contributed by atoms with Gasteiger partial charge in [-0.05, 0) is 32.0 Å². The molecule has 0 spiro atoms. The molecule has 3 nitrogen and oxygen atoms in total. The minimum Gasteiger partial charge on any atom is -0.397 e. The molecule has 0 aliphatic carbocycles. The van der Waals surface area contributed by atoms with Crippen molar-refractivity contribution in [3.8, 4) is 0 Å². The van der Waals surface area contributed by atoms with Gasteiger partial charge in [0.1, 0.15) is 10.7 Å². The van der Waals surface area contributed by atoms with Gasteiger partial charge in [0.15, 0.2) is 0 Å². The quantitative estimate of drug-likeness (QED) is 0.927. The Labute approximate surface area is 109 Å². The van der Waals surface area contributed by atoms with Crippen molar-refractivity contribution in [2.75, 3.05) is 18.8 Å². The highest BCUT2D eigenvalue weighted by Crippen LogP contribution is 2.34. The first-order chi connectivity index (χ1) is 8.58. The number of carbonyl (C=O) groups excluding carboxylic acids is 1. The first-order valence-corrected chi connectivity index (χ1v) is 6.66. The molecule has 0 bridgehead atoms. The van der Waals surface area contributed by atoms with Crippen LogP contribution in [0.25, 0.3) is 10.1 Å². The monoisotopic (exact) mass is 266 g/mol. The molecule has 1 aromatic heterocycles. The number of nitrogens with zero attached hydrogens (tertiary/aromatic N) is 1. The summed E-state index contributed by atoms with van der Waals surface area (Å²) in [6.07, 6.45) is 0. The summed E-state index contributed by atoms with van der Waals surface area (Å²) >= 11 is 1.32. The average Bonchev–Trinajstić information content (AvgIpc) is 2.68. The molecule has 1 amide bonds. The number of hydrogen-bond donors (Lipinski definition) is 1. The number of fused-ring (bicyclic) bond motifs is 1. The van der Waals surface area contributed by atoms with Crippen molar-refractivity contribution in [2.45, 2.75) is 13.8 Å². The van der Waals surface area contributed by atoms with Gasteiger partial charge in [0.25, 0.3) is 5.91 Å². The largest absolute Gasteiger partial charge is 0.397 e. The number of nitrogens with two attached hydrogens (primary N) is 1. The Balaban J connectivity index is 2.52. The van der Waals surface area contributed by atoms with E-state index in [-0.39, 0.29) is 11.7 Å². The van der Waals surface area contributed by atoms with Crippen molar-refractivity contribution < 1.29 is 9.18 Å². The summed E-state index contributed by atoms with van der Waals surface area (Å²) in [5.74, 6) is -0.423. The maximum absolute atomic E-state index is 13.2. The second-order valence-electron chi connectivity index (χ2n) is 3.96. The summed E-state index contributed by atoms with van der Waals surface area (Å²) in [4.78, 5) is 14.5. The van der Waals surface area contributed by atoms with Gasteiger partial charge in [-0.25, -0.2) is 4.39 Å². The van der Waals surface area contributed by atoms with Crippen LogP contribution in [0.2, 0.25) is 0 Å². The van der Waals surface area contributed by atoms with Crippen LogP contribution in [0.15, 0.2) is 18.2 Å². The van der Waals surface area contributed by atoms with E-state index in [9.17, 15) is 9.18 Å². The van der Waals surface area contributed by atoms with Gasteiger partial charge < -0.3 is 10.6 Å². The van der Waals surface area contributed by atoms with Crippen molar-refractivity contribution in [3.05, 3.63) is 28.9 Å². The summed E-state index contributed by atoms with van der Waals surface area (Å²) in [7, 11) is 0. The Bertz CT molecular complexity index is 590. The molecule has 0 unspecified atom stereocenters. The number of halogens is 1. The fourth-order valence-corrected chi connectivity index (χ4v) is 2.97. The van der Waals surface area contributed by atoms with E-state index in [1.165, 1.54) is 23.5 Å². The van der Waals surface area contributed by atoms with Crippen LogP contribution in [0.1, 0.15) is 23.5 Å². The minimum atomic E-state index is -0.339. The Morgan fingerprint density at radius 2 is 2.06 bits per heavy atom. The van der Waals surface area contributed by atoms with E-state index in [1.54, 1.807) is 11.0 Å². The lowest BCUT2D eigenvalue weighted by atomic mass is 10.2. The number of rotatable bonds is 3. The number of thiophene rings is 1. The molecule has 0 aliphatic heterocycles. The number of carbonyl (C=O) groups is 1. The van der Waals surface area contributed by atoms with Gasteiger partial charge >= 0.3 is 0 Å². The topological polar surface area (TPSA) is 46.3 Å². The maximum atomic E-state index is 13.2. The normalized spacial score (nSPS) is 10.8.